The zero-order valence-corrected chi connectivity index (χ0v) is 12.0. The predicted molar refractivity (Wildman–Crippen MR) is 79.4 cm³/mol. The Kier molecular flexibility index (Phi) is 3.50. The monoisotopic (exact) mass is 282 g/mol. The lowest BCUT2D eigenvalue weighted by molar-refractivity contribution is 0.00221. The number of benzene rings is 1. The van der Waals surface area contributed by atoms with E-state index in [2.05, 4.69) is 16.4 Å². The van der Waals surface area contributed by atoms with Crippen molar-refractivity contribution in [2.75, 3.05) is 13.1 Å². The first-order valence-corrected chi connectivity index (χ1v) is 7.10. The van der Waals surface area contributed by atoms with Crippen molar-refractivity contribution in [1.82, 2.24) is 14.9 Å². The first-order chi connectivity index (χ1) is 10.1. The number of aromatic nitrogens is 2. The Morgan fingerprint density at radius 2 is 1.95 bits per heavy atom. The van der Waals surface area contributed by atoms with Gasteiger partial charge in [0.15, 0.2) is 0 Å². The summed E-state index contributed by atoms with van der Waals surface area (Å²) in [4.78, 5) is 4.63. The van der Waals surface area contributed by atoms with Gasteiger partial charge in [-0.2, -0.15) is 5.26 Å². The Labute approximate surface area is 123 Å². The van der Waals surface area contributed by atoms with E-state index in [-0.39, 0.29) is 0 Å². The quantitative estimate of drug-likeness (QED) is 0.876. The minimum atomic E-state index is -0.839. The van der Waals surface area contributed by atoms with Crippen LogP contribution in [0.15, 0.2) is 30.5 Å². The van der Waals surface area contributed by atoms with E-state index in [4.69, 9.17) is 5.26 Å². The maximum atomic E-state index is 10.8. The smallest absolute Gasteiger partial charge is 0.140 e. The maximum Gasteiger partial charge on any atom is 0.140 e. The summed E-state index contributed by atoms with van der Waals surface area (Å²) in [5, 5.41) is 22.9. The van der Waals surface area contributed by atoms with Crippen molar-refractivity contribution in [3.63, 3.8) is 0 Å². The Hall–Kier alpha value is -2.16. The van der Waals surface area contributed by atoms with E-state index in [1.54, 1.807) is 12.1 Å². The number of aliphatic hydroxyl groups is 1. The average molecular weight is 282 g/mol. The zero-order chi connectivity index (χ0) is 14.9. The third-order valence-electron chi connectivity index (χ3n) is 4.06. The summed E-state index contributed by atoms with van der Waals surface area (Å²) in [7, 11) is 1.93. The fraction of sp³-hybridized carbons (Fsp3) is 0.375. The van der Waals surface area contributed by atoms with E-state index in [1.165, 1.54) is 0 Å². The molecule has 1 saturated heterocycles. The molecular formula is C16H18N4O. The summed E-state index contributed by atoms with van der Waals surface area (Å²) >= 11 is 0. The minimum Gasteiger partial charge on any atom is -0.383 e. The van der Waals surface area contributed by atoms with Crippen LogP contribution in [0.25, 0.3) is 11.4 Å². The van der Waals surface area contributed by atoms with Crippen LogP contribution in [0.4, 0.5) is 0 Å². The molecule has 5 nitrogen and oxygen atoms in total. The number of hydrogen-bond acceptors (Lipinski definition) is 4. The lowest BCUT2D eigenvalue weighted by Gasteiger charge is -2.30. The number of imidazole rings is 1. The average Bonchev–Trinajstić information content (AvgIpc) is 2.91. The molecule has 3 rings (SSSR count). The fourth-order valence-corrected chi connectivity index (χ4v) is 2.75. The minimum absolute atomic E-state index is 0.630. The van der Waals surface area contributed by atoms with Gasteiger partial charge in [0.1, 0.15) is 11.4 Å². The molecule has 1 aliphatic heterocycles. The highest BCUT2D eigenvalue weighted by Crippen LogP contribution is 2.31. The third kappa shape index (κ3) is 2.56. The molecule has 2 N–H and O–H groups in total. The molecular weight excluding hydrogens is 264 g/mol. The van der Waals surface area contributed by atoms with Gasteiger partial charge in [0.25, 0.3) is 0 Å². The van der Waals surface area contributed by atoms with Crippen molar-refractivity contribution >= 4 is 0 Å². The largest absolute Gasteiger partial charge is 0.383 e. The van der Waals surface area contributed by atoms with Crippen molar-refractivity contribution in [2.45, 2.75) is 18.4 Å². The lowest BCUT2D eigenvalue weighted by atomic mass is 9.89. The summed E-state index contributed by atoms with van der Waals surface area (Å²) in [6, 6.07) is 9.44. The van der Waals surface area contributed by atoms with Crippen LogP contribution in [0.1, 0.15) is 24.1 Å². The van der Waals surface area contributed by atoms with Gasteiger partial charge in [-0.3, -0.25) is 0 Å². The van der Waals surface area contributed by atoms with E-state index in [9.17, 15) is 5.11 Å². The number of hydrogen-bond donors (Lipinski definition) is 2. The van der Waals surface area contributed by atoms with Crippen molar-refractivity contribution in [3.8, 4) is 17.5 Å². The number of nitrogens with one attached hydrogen (secondary N) is 1. The van der Waals surface area contributed by atoms with Gasteiger partial charge in [0.05, 0.1) is 17.3 Å². The molecule has 0 aliphatic carbocycles. The molecule has 5 heteroatoms. The van der Waals surface area contributed by atoms with Gasteiger partial charge in [-0.1, -0.05) is 0 Å². The fourth-order valence-electron chi connectivity index (χ4n) is 2.75. The van der Waals surface area contributed by atoms with E-state index in [0.717, 1.165) is 30.2 Å². The second-order valence-corrected chi connectivity index (χ2v) is 5.53. The summed E-state index contributed by atoms with van der Waals surface area (Å²) in [5.41, 5.74) is 1.46. The van der Waals surface area contributed by atoms with E-state index >= 15 is 0 Å². The molecule has 0 spiro atoms. The lowest BCUT2D eigenvalue weighted by Crippen LogP contribution is -2.39. The Morgan fingerprint density at radius 1 is 1.29 bits per heavy atom. The van der Waals surface area contributed by atoms with Crippen LogP contribution in [0, 0.1) is 11.3 Å². The van der Waals surface area contributed by atoms with Crippen LogP contribution in [0.3, 0.4) is 0 Å². The molecule has 1 aromatic carbocycles. The summed E-state index contributed by atoms with van der Waals surface area (Å²) < 4.78 is 1.93. The highest BCUT2D eigenvalue weighted by molar-refractivity contribution is 5.57. The number of aryl methyl sites for hydroxylation is 1. The topological polar surface area (TPSA) is 73.9 Å². The van der Waals surface area contributed by atoms with E-state index in [1.807, 2.05) is 29.9 Å². The molecule has 0 atom stereocenters. The summed E-state index contributed by atoms with van der Waals surface area (Å²) in [5.74, 6) is 0.807. The summed E-state index contributed by atoms with van der Waals surface area (Å²) in [6.07, 6.45) is 3.26. The van der Waals surface area contributed by atoms with Gasteiger partial charge >= 0.3 is 0 Å². The molecule has 0 saturated carbocycles. The Morgan fingerprint density at radius 3 is 2.57 bits per heavy atom. The number of rotatable bonds is 2. The molecule has 1 aromatic heterocycles. The number of piperidine rings is 1. The second-order valence-electron chi connectivity index (χ2n) is 5.53. The van der Waals surface area contributed by atoms with Crippen molar-refractivity contribution < 1.29 is 5.11 Å². The molecule has 0 unspecified atom stereocenters. The number of nitrogens with zero attached hydrogens (tertiary/aromatic N) is 3. The summed E-state index contributed by atoms with van der Waals surface area (Å²) in [6.45, 7) is 1.61. The van der Waals surface area contributed by atoms with Crippen molar-refractivity contribution in [1.29, 1.82) is 5.26 Å². The third-order valence-corrected chi connectivity index (χ3v) is 4.06. The van der Waals surface area contributed by atoms with Gasteiger partial charge in [-0.15, -0.1) is 0 Å². The van der Waals surface area contributed by atoms with Crippen LogP contribution < -0.4 is 5.32 Å². The highest BCUT2D eigenvalue weighted by Gasteiger charge is 2.34. The molecule has 0 radical (unpaired) electrons. The van der Waals surface area contributed by atoms with E-state index < -0.39 is 5.60 Å². The van der Waals surface area contributed by atoms with Crippen molar-refractivity contribution in [2.24, 2.45) is 7.05 Å². The van der Waals surface area contributed by atoms with Gasteiger partial charge in [0, 0.05) is 18.8 Å². The van der Waals surface area contributed by atoms with Crippen LogP contribution in [0.2, 0.25) is 0 Å². The molecule has 0 bridgehead atoms. The van der Waals surface area contributed by atoms with E-state index in [0.29, 0.717) is 18.4 Å². The van der Waals surface area contributed by atoms with Crippen LogP contribution in [-0.4, -0.2) is 27.7 Å². The molecule has 2 heterocycles. The van der Waals surface area contributed by atoms with Gasteiger partial charge < -0.3 is 15.0 Å². The molecule has 1 aliphatic rings. The Balaban J connectivity index is 1.95. The first kappa shape index (κ1) is 13.8. The zero-order valence-electron chi connectivity index (χ0n) is 12.0. The predicted octanol–water partition coefficient (Wildman–Crippen LogP) is 1.53. The molecule has 108 valence electrons. The molecule has 2 aromatic rings. The van der Waals surface area contributed by atoms with Crippen LogP contribution in [-0.2, 0) is 12.6 Å². The second kappa shape index (κ2) is 5.32. The highest BCUT2D eigenvalue weighted by atomic mass is 16.3. The SMILES string of the molecule is Cn1cc(C2(O)CCNCC2)nc1-c1ccc(C#N)cc1. The number of nitriles is 1. The molecule has 21 heavy (non-hydrogen) atoms. The molecule has 0 amide bonds. The molecule has 1 fully saturated rings. The standard InChI is InChI=1S/C16H18N4O/c1-20-11-14(16(21)6-8-18-9-7-16)19-15(20)13-4-2-12(10-17)3-5-13/h2-5,11,18,21H,6-9H2,1H3. The first-order valence-electron chi connectivity index (χ1n) is 7.10. The van der Waals surface area contributed by atoms with Gasteiger partial charge in [-0.05, 0) is 50.2 Å². The van der Waals surface area contributed by atoms with Gasteiger partial charge in [-0.25, -0.2) is 4.98 Å². The van der Waals surface area contributed by atoms with Gasteiger partial charge in [0.2, 0.25) is 0 Å². The van der Waals surface area contributed by atoms with Crippen LogP contribution in [0.5, 0.6) is 0 Å². The normalized spacial score (nSPS) is 17.4. The Bertz CT molecular complexity index is 675. The maximum absolute atomic E-state index is 10.8. The van der Waals surface area contributed by atoms with Crippen molar-refractivity contribution in [3.05, 3.63) is 41.7 Å². The van der Waals surface area contributed by atoms with Crippen LogP contribution >= 0.6 is 0 Å².